The smallest absolute Gasteiger partial charge is 0.305 e. The third-order valence-corrected chi connectivity index (χ3v) is 6.67. The third-order valence-electron chi connectivity index (χ3n) is 4.64. The summed E-state index contributed by atoms with van der Waals surface area (Å²) in [6.07, 6.45) is 8.76. The summed E-state index contributed by atoms with van der Waals surface area (Å²) in [7, 11) is 0. The zero-order chi connectivity index (χ0) is 24.1. The van der Waals surface area contributed by atoms with Crippen molar-refractivity contribution >= 4 is 39.3 Å². The molecule has 2 aromatic heterocycles. The van der Waals surface area contributed by atoms with E-state index in [4.69, 9.17) is 4.98 Å². The van der Waals surface area contributed by atoms with Gasteiger partial charge in [-0.05, 0) is 35.9 Å². The monoisotopic (exact) mass is 480 g/mol. The Bertz CT molecular complexity index is 1050. The van der Waals surface area contributed by atoms with Gasteiger partial charge in [-0.1, -0.05) is 92.5 Å². The quantitative estimate of drug-likeness (QED) is 0.224. The Morgan fingerprint density at radius 3 is 2.55 bits per heavy atom. The van der Waals surface area contributed by atoms with Crippen LogP contribution in [0.2, 0.25) is 0 Å². The molecule has 4 nitrogen and oxygen atoms in total. The van der Waals surface area contributed by atoms with Crippen LogP contribution >= 0.6 is 22.7 Å². The van der Waals surface area contributed by atoms with Gasteiger partial charge in [-0.15, -0.1) is 11.3 Å². The number of carbonyl (C=O) groups is 1. The zero-order valence-electron chi connectivity index (χ0n) is 19.5. The van der Waals surface area contributed by atoms with Crippen LogP contribution in [0, 0.1) is 0 Å². The van der Waals surface area contributed by atoms with Gasteiger partial charge in [0.25, 0.3) is 0 Å². The molecule has 2 heterocycles. The van der Waals surface area contributed by atoms with Gasteiger partial charge in [-0.25, -0.2) is 4.98 Å². The molecular weight excluding hydrogens is 448 g/mol. The summed E-state index contributed by atoms with van der Waals surface area (Å²) in [5, 5.41) is 12.1. The molecule has 3 aromatic rings. The molecular formula is C27H32N2O2S2. The lowest BCUT2D eigenvalue weighted by Crippen LogP contribution is -2.25. The number of carboxylic acid groups (broad SMARTS) is 1. The van der Waals surface area contributed by atoms with Crippen LogP contribution in [-0.2, 0) is 11.3 Å². The molecule has 1 N–H and O–H groups in total. The molecule has 0 radical (unpaired) electrons. The topological polar surface area (TPSA) is 53.4 Å². The first-order valence-electron chi connectivity index (χ1n) is 11.1. The number of aromatic nitrogens is 1. The largest absolute Gasteiger partial charge is 0.481 e. The lowest BCUT2D eigenvalue weighted by Gasteiger charge is -2.20. The highest BCUT2D eigenvalue weighted by Crippen LogP contribution is 2.40. The molecule has 0 fully saturated rings. The fourth-order valence-corrected chi connectivity index (χ4v) is 4.99. The Balaban J connectivity index is 0.00000187. The molecule has 6 heteroatoms. The number of aliphatic carboxylic acids is 1. The number of nitrogens with zero attached hydrogens (tertiary/aromatic N) is 2. The van der Waals surface area contributed by atoms with Crippen molar-refractivity contribution in [3.8, 4) is 10.4 Å². The van der Waals surface area contributed by atoms with Crippen LogP contribution in [0.5, 0.6) is 0 Å². The number of anilines is 1. The SMILES string of the molecule is C=C/C=C(\C/C=C\C)c1nc(N(CCC(=O)O)Cc2cccs2)sc1-c1ccccc1.CC. The Morgan fingerprint density at radius 1 is 1.18 bits per heavy atom. The van der Waals surface area contributed by atoms with Crippen molar-refractivity contribution in [1.82, 2.24) is 4.98 Å². The standard InChI is InChI=1S/C25H26N2O2S2.C2H6/c1-3-5-11-19(10-4-2)23-24(20-12-7-6-8-13-20)31-25(26-23)27(16-15-22(28)29)18-21-14-9-17-30-21;1-2/h3-10,12-14,17H,2,11,15-16,18H2,1H3,(H,28,29);1-2H3/b5-3-,19-10+;. The molecule has 0 saturated heterocycles. The number of rotatable bonds is 11. The highest BCUT2D eigenvalue weighted by molar-refractivity contribution is 7.19. The van der Waals surface area contributed by atoms with Gasteiger partial charge in [0.15, 0.2) is 5.13 Å². The maximum Gasteiger partial charge on any atom is 0.305 e. The minimum absolute atomic E-state index is 0.0644. The van der Waals surface area contributed by atoms with Crippen molar-refractivity contribution in [1.29, 1.82) is 0 Å². The van der Waals surface area contributed by atoms with E-state index >= 15 is 0 Å². The summed E-state index contributed by atoms with van der Waals surface area (Å²) in [6.45, 7) is 10.9. The fourth-order valence-electron chi connectivity index (χ4n) is 3.14. The van der Waals surface area contributed by atoms with Crippen molar-refractivity contribution in [2.75, 3.05) is 11.4 Å². The summed E-state index contributed by atoms with van der Waals surface area (Å²) in [5.74, 6) is -0.809. The number of hydrogen-bond donors (Lipinski definition) is 1. The highest BCUT2D eigenvalue weighted by Gasteiger charge is 2.20. The summed E-state index contributed by atoms with van der Waals surface area (Å²) >= 11 is 3.28. The highest BCUT2D eigenvalue weighted by atomic mass is 32.1. The number of thiazole rings is 1. The van der Waals surface area contributed by atoms with Crippen molar-refractivity contribution in [2.45, 2.75) is 40.2 Å². The molecule has 0 bridgehead atoms. The van der Waals surface area contributed by atoms with Gasteiger partial charge < -0.3 is 10.0 Å². The lowest BCUT2D eigenvalue weighted by atomic mass is 10.0. The minimum Gasteiger partial charge on any atom is -0.481 e. The van der Waals surface area contributed by atoms with E-state index in [9.17, 15) is 9.90 Å². The van der Waals surface area contributed by atoms with Crippen molar-refractivity contribution < 1.29 is 9.90 Å². The summed E-state index contributed by atoms with van der Waals surface area (Å²) in [4.78, 5) is 20.6. The van der Waals surface area contributed by atoms with Crippen molar-refractivity contribution in [3.05, 3.63) is 89.3 Å². The molecule has 0 atom stereocenters. The average Bonchev–Trinajstić information content (AvgIpc) is 3.51. The molecule has 0 aliphatic heterocycles. The predicted octanol–water partition coefficient (Wildman–Crippen LogP) is 7.91. The Kier molecular flexibility index (Phi) is 11.3. The van der Waals surface area contributed by atoms with Crippen LogP contribution in [0.3, 0.4) is 0 Å². The van der Waals surface area contributed by atoms with Gasteiger partial charge in [-0.3, -0.25) is 4.79 Å². The van der Waals surface area contributed by atoms with E-state index in [1.54, 1.807) is 28.7 Å². The number of carboxylic acids is 1. The van der Waals surface area contributed by atoms with E-state index in [-0.39, 0.29) is 6.42 Å². The first kappa shape index (κ1) is 26.3. The van der Waals surface area contributed by atoms with Gasteiger partial charge in [-0.2, -0.15) is 0 Å². The minimum atomic E-state index is -0.809. The van der Waals surface area contributed by atoms with Crippen LogP contribution in [0.15, 0.2) is 78.7 Å². The van der Waals surface area contributed by atoms with Gasteiger partial charge in [0.1, 0.15) is 0 Å². The Morgan fingerprint density at radius 2 is 1.94 bits per heavy atom. The van der Waals surface area contributed by atoms with Crippen LogP contribution in [0.25, 0.3) is 16.0 Å². The molecule has 0 amide bonds. The van der Waals surface area contributed by atoms with E-state index < -0.39 is 5.97 Å². The molecule has 0 unspecified atom stereocenters. The van der Waals surface area contributed by atoms with Gasteiger partial charge in [0.2, 0.25) is 0 Å². The normalized spacial score (nSPS) is 11.2. The zero-order valence-corrected chi connectivity index (χ0v) is 21.2. The van der Waals surface area contributed by atoms with Crippen LogP contribution < -0.4 is 4.90 Å². The summed E-state index contributed by atoms with van der Waals surface area (Å²) in [6, 6.07) is 14.3. The maximum absolute atomic E-state index is 11.3. The van der Waals surface area contributed by atoms with Crippen molar-refractivity contribution in [2.24, 2.45) is 0 Å². The fraction of sp³-hybridized carbons (Fsp3) is 0.259. The van der Waals surface area contributed by atoms with Crippen molar-refractivity contribution in [3.63, 3.8) is 0 Å². The number of hydrogen-bond acceptors (Lipinski definition) is 5. The van der Waals surface area contributed by atoms with Crippen LogP contribution in [0.4, 0.5) is 5.13 Å². The molecule has 33 heavy (non-hydrogen) atoms. The van der Waals surface area contributed by atoms with Crippen LogP contribution in [0.1, 0.15) is 44.2 Å². The molecule has 0 spiro atoms. The van der Waals surface area contributed by atoms with E-state index in [1.807, 2.05) is 62.6 Å². The second-order valence-corrected chi connectivity index (χ2v) is 8.90. The van der Waals surface area contributed by atoms with E-state index in [0.29, 0.717) is 13.1 Å². The Hall–Kier alpha value is -2.96. The summed E-state index contributed by atoms with van der Waals surface area (Å²) in [5.41, 5.74) is 3.12. The van der Waals surface area contributed by atoms with E-state index in [1.165, 1.54) is 4.88 Å². The molecule has 0 aliphatic rings. The Labute approximate surface area is 205 Å². The van der Waals surface area contributed by atoms with Crippen LogP contribution in [-0.4, -0.2) is 22.6 Å². The molecule has 3 rings (SSSR count). The average molecular weight is 481 g/mol. The molecule has 0 saturated carbocycles. The third kappa shape index (κ3) is 7.84. The molecule has 1 aromatic carbocycles. The maximum atomic E-state index is 11.3. The summed E-state index contributed by atoms with van der Waals surface area (Å²) < 4.78 is 0. The molecule has 174 valence electrons. The number of thiophene rings is 1. The number of allylic oxidation sites excluding steroid dienone is 5. The second-order valence-electron chi connectivity index (χ2n) is 6.89. The second kappa shape index (κ2) is 14.2. The predicted molar refractivity (Wildman–Crippen MR) is 144 cm³/mol. The number of benzene rings is 1. The van der Waals surface area contributed by atoms with E-state index in [2.05, 4.69) is 35.8 Å². The van der Waals surface area contributed by atoms with Gasteiger partial charge in [0.05, 0.1) is 23.5 Å². The van der Waals surface area contributed by atoms with Gasteiger partial charge >= 0.3 is 5.97 Å². The first-order valence-corrected chi connectivity index (χ1v) is 12.8. The first-order chi connectivity index (χ1) is 16.1. The van der Waals surface area contributed by atoms with E-state index in [0.717, 1.165) is 33.3 Å². The lowest BCUT2D eigenvalue weighted by molar-refractivity contribution is -0.136. The van der Waals surface area contributed by atoms with Gasteiger partial charge in [0, 0.05) is 11.4 Å². The molecule has 0 aliphatic carbocycles.